The molecule has 0 aliphatic carbocycles. The van der Waals surface area contributed by atoms with Crippen LogP contribution in [-0.4, -0.2) is 13.2 Å². The second kappa shape index (κ2) is 4.43. The van der Waals surface area contributed by atoms with Gasteiger partial charge in [-0.2, -0.15) is 0 Å². The van der Waals surface area contributed by atoms with Gasteiger partial charge in [0, 0.05) is 0 Å². The molecule has 0 saturated heterocycles. The van der Waals surface area contributed by atoms with Crippen LogP contribution in [0.5, 0.6) is 5.75 Å². The van der Waals surface area contributed by atoms with E-state index in [9.17, 15) is 4.79 Å². The quantitative estimate of drug-likeness (QED) is 0.522. The van der Waals surface area contributed by atoms with Gasteiger partial charge in [0.2, 0.25) is 6.08 Å². The van der Waals surface area contributed by atoms with Gasteiger partial charge in [0.05, 0.1) is 13.7 Å². The number of hydrogen-bond acceptors (Lipinski definition) is 3. The van der Waals surface area contributed by atoms with Crippen LogP contribution >= 0.6 is 0 Å². The Labute approximate surface area is 77.1 Å². The van der Waals surface area contributed by atoms with Gasteiger partial charge in [0.15, 0.2) is 0 Å². The summed E-state index contributed by atoms with van der Waals surface area (Å²) in [6, 6.07) is 5.74. The van der Waals surface area contributed by atoms with Crippen molar-refractivity contribution in [3.05, 3.63) is 29.3 Å². The van der Waals surface area contributed by atoms with Gasteiger partial charge in [0.1, 0.15) is 5.75 Å². The maximum atomic E-state index is 9.89. The summed E-state index contributed by atoms with van der Waals surface area (Å²) in [6.07, 6.45) is 1.51. The highest BCUT2D eigenvalue weighted by atomic mass is 16.5. The van der Waals surface area contributed by atoms with E-state index in [0.29, 0.717) is 6.54 Å². The molecule has 3 heteroatoms. The molecule has 1 aromatic carbocycles. The molecule has 0 aromatic heterocycles. The lowest BCUT2D eigenvalue weighted by atomic mass is 10.1. The normalized spacial score (nSPS) is 9.08. The number of aryl methyl sites for hydroxylation is 1. The predicted octanol–water partition coefficient (Wildman–Crippen LogP) is 1.84. The van der Waals surface area contributed by atoms with E-state index < -0.39 is 0 Å². The smallest absolute Gasteiger partial charge is 0.235 e. The van der Waals surface area contributed by atoms with Gasteiger partial charge >= 0.3 is 0 Å². The summed E-state index contributed by atoms with van der Waals surface area (Å²) < 4.78 is 5.08. The molecule has 0 bridgehead atoms. The summed E-state index contributed by atoms with van der Waals surface area (Å²) in [4.78, 5) is 13.4. The van der Waals surface area contributed by atoms with E-state index in [2.05, 4.69) is 4.99 Å². The lowest BCUT2D eigenvalue weighted by Crippen LogP contribution is -1.88. The van der Waals surface area contributed by atoms with Crippen molar-refractivity contribution in [3.8, 4) is 5.75 Å². The summed E-state index contributed by atoms with van der Waals surface area (Å²) in [6.45, 7) is 2.33. The van der Waals surface area contributed by atoms with Gasteiger partial charge in [-0.3, -0.25) is 0 Å². The molecule has 0 spiro atoms. The number of nitrogens with zero attached hydrogens (tertiary/aromatic N) is 1. The fraction of sp³-hybridized carbons (Fsp3) is 0.300. The standard InChI is InChI=1S/C10H11NO2/c1-8-3-9(6-11-7-12)5-10(4-8)13-2/h3-5H,6H2,1-2H3. The number of hydrogen-bond donors (Lipinski definition) is 0. The second-order valence-electron chi connectivity index (χ2n) is 2.77. The molecule has 1 rings (SSSR count). The molecule has 0 aliphatic heterocycles. The van der Waals surface area contributed by atoms with Crippen molar-refractivity contribution in [1.82, 2.24) is 0 Å². The molecular formula is C10H11NO2. The van der Waals surface area contributed by atoms with Crippen LogP contribution in [0.2, 0.25) is 0 Å². The molecule has 0 N–H and O–H groups in total. The highest BCUT2D eigenvalue weighted by Gasteiger charge is 1.97. The van der Waals surface area contributed by atoms with Crippen molar-refractivity contribution in [2.75, 3.05) is 7.11 Å². The largest absolute Gasteiger partial charge is 0.497 e. The Hall–Kier alpha value is -1.60. The zero-order valence-corrected chi connectivity index (χ0v) is 7.70. The van der Waals surface area contributed by atoms with Crippen molar-refractivity contribution in [1.29, 1.82) is 0 Å². The average molecular weight is 177 g/mol. The van der Waals surface area contributed by atoms with E-state index in [1.807, 2.05) is 25.1 Å². The Bertz CT molecular complexity index is 341. The first-order chi connectivity index (χ1) is 6.26. The van der Waals surface area contributed by atoms with Crippen LogP contribution in [0.3, 0.4) is 0 Å². The van der Waals surface area contributed by atoms with E-state index in [-0.39, 0.29) is 0 Å². The van der Waals surface area contributed by atoms with Crippen LogP contribution < -0.4 is 4.74 Å². The Kier molecular flexibility index (Phi) is 3.23. The summed E-state index contributed by atoms with van der Waals surface area (Å²) in [7, 11) is 1.61. The Morgan fingerprint density at radius 3 is 2.85 bits per heavy atom. The molecular weight excluding hydrogens is 166 g/mol. The Morgan fingerprint density at radius 1 is 1.46 bits per heavy atom. The number of ether oxygens (including phenoxy) is 1. The minimum Gasteiger partial charge on any atom is -0.497 e. The SMILES string of the molecule is COc1cc(C)cc(CN=C=O)c1. The molecule has 0 fully saturated rings. The average Bonchev–Trinajstić information content (AvgIpc) is 2.14. The summed E-state index contributed by atoms with van der Waals surface area (Å²) in [5, 5.41) is 0. The van der Waals surface area contributed by atoms with E-state index in [1.54, 1.807) is 7.11 Å². The van der Waals surface area contributed by atoms with E-state index >= 15 is 0 Å². The Balaban J connectivity index is 2.93. The van der Waals surface area contributed by atoms with Crippen LogP contribution in [-0.2, 0) is 11.3 Å². The topological polar surface area (TPSA) is 38.7 Å². The third kappa shape index (κ3) is 2.73. The van der Waals surface area contributed by atoms with Crippen LogP contribution in [0.1, 0.15) is 11.1 Å². The molecule has 0 aliphatic rings. The molecule has 13 heavy (non-hydrogen) atoms. The van der Waals surface area contributed by atoms with Crippen molar-refractivity contribution < 1.29 is 9.53 Å². The number of rotatable bonds is 3. The van der Waals surface area contributed by atoms with Crippen LogP contribution in [0.15, 0.2) is 23.2 Å². The van der Waals surface area contributed by atoms with Gasteiger partial charge in [-0.15, -0.1) is 0 Å². The summed E-state index contributed by atoms with van der Waals surface area (Å²) >= 11 is 0. The molecule has 0 atom stereocenters. The molecule has 0 radical (unpaired) electrons. The predicted molar refractivity (Wildman–Crippen MR) is 49.6 cm³/mol. The first-order valence-corrected chi connectivity index (χ1v) is 3.94. The van der Waals surface area contributed by atoms with E-state index in [1.165, 1.54) is 6.08 Å². The van der Waals surface area contributed by atoms with Crippen molar-refractivity contribution >= 4 is 6.08 Å². The zero-order valence-electron chi connectivity index (χ0n) is 7.70. The van der Waals surface area contributed by atoms with Crippen LogP contribution in [0, 0.1) is 6.92 Å². The van der Waals surface area contributed by atoms with Gasteiger partial charge in [-0.25, -0.2) is 9.79 Å². The maximum Gasteiger partial charge on any atom is 0.235 e. The van der Waals surface area contributed by atoms with Crippen LogP contribution in [0.25, 0.3) is 0 Å². The van der Waals surface area contributed by atoms with Crippen molar-refractivity contribution in [2.24, 2.45) is 4.99 Å². The van der Waals surface area contributed by atoms with Gasteiger partial charge in [0.25, 0.3) is 0 Å². The molecule has 3 nitrogen and oxygen atoms in total. The summed E-state index contributed by atoms with van der Waals surface area (Å²) in [5.41, 5.74) is 2.05. The molecule has 0 saturated carbocycles. The lowest BCUT2D eigenvalue weighted by molar-refractivity contribution is 0.414. The molecule has 0 amide bonds. The first-order valence-electron chi connectivity index (χ1n) is 3.94. The van der Waals surface area contributed by atoms with Crippen LogP contribution in [0.4, 0.5) is 0 Å². The van der Waals surface area contributed by atoms with Gasteiger partial charge < -0.3 is 4.74 Å². The monoisotopic (exact) mass is 177 g/mol. The zero-order chi connectivity index (χ0) is 9.68. The van der Waals surface area contributed by atoms with E-state index in [4.69, 9.17) is 4.74 Å². The number of benzene rings is 1. The third-order valence-corrected chi connectivity index (χ3v) is 1.67. The maximum absolute atomic E-state index is 9.89. The van der Waals surface area contributed by atoms with E-state index in [0.717, 1.165) is 16.9 Å². The van der Waals surface area contributed by atoms with Gasteiger partial charge in [-0.1, -0.05) is 6.07 Å². The minimum absolute atomic E-state index is 0.363. The van der Waals surface area contributed by atoms with Crippen molar-refractivity contribution in [3.63, 3.8) is 0 Å². The minimum atomic E-state index is 0.363. The number of isocyanates is 1. The lowest BCUT2D eigenvalue weighted by Gasteiger charge is -2.03. The van der Waals surface area contributed by atoms with Gasteiger partial charge in [-0.05, 0) is 30.2 Å². The molecule has 68 valence electrons. The molecule has 1 aromatic rings. The Morgan fingerprint density at radius 2 is 2.23 bits per heavy atom. The fourth-order valence-electron chi connectivity index (χ4n) is 1.16. The third-order valence-electron chi connectivity index (χ3n) is 1.67. The second-order valence-corrected chi connectivity index (χ2v) is 2.77. The fourth-order valence-corrected chi connectivity index (χ4v) is 1.16. The first kappa shape index (κ1) is 9.49. The highest BCUT2D eigenvalue weighted by molar-refractivity contribution is 5.37. The highest BCUT2D eigenvalue weighted by Crippen LogP contribution is 2.16. The number of aliphatic imine (C=N–C) groups is 1. The number of methoxy groups -OCH3 is 1. The molecule has 0 unspecified atom stereocenters. The number of carbonyl (C=O) groups excluding carboxylic acids is 1. The molecule has 0 heterocycles. The van der Waals surface area contributed by atoms with Crippen molar-refractivity contribution in [2.45, 2.75) is 13.5 Å². The summed E-state index contributed by atoms with van der Waals surface area (Å²) in [5.74, 6) is 0.788.